The Morgan fingerprint density at radius 2 is 2.00 bits per heavy atom. The summed E-state index contributed by atoms with van der Waals surface area (Å²) in [6.45, 7) is -0.161. The summed E-state index contributed by atoms with van der Waals surface area (Å²) < 4.78 is 15.8. The zero-order valence-electron chi connectivity index (χ0n) is 18.7. The second kappa shape index (κ2) is 8.88. The maximum absolute atomic E-state index is 14.2. The molecule has 182 valence electrons. The van der Waals surface area contributed by atoms with Gasteiger partial charge in [0, 0.05) is 35.8 Å². The van der Waals surface area contributed by atoms with Crippen molar-refractivity contribution in [3.63, 3.8) is 0 Å². The number of fused-ring (bicyclic) bond motifs is 2. The molecule has 1 aliphatic heterocycles. The first kappa shape index (κ1) is 23.2. The van der Waals surface area contributed by atoms with Crippen LogP contribution in [0.5, 0.6) is 5.75 Å². The van der Waals surface area contributed by atoms with Crippen LogP contribution in [0.1, 0.15) is 35.2 Å². The number of aromatic nitrogens is 1. The molecular weight excluding hydrogens is 475 g/mol. The Morgan fingerprint density at radius 1 is 1.20 bits per heavy atom. The van der Waals surface area contributed by atoms with Crippen LogP contribution in [-0.2, 0) is 22.7 Å². The number of phenols is 1. The lowest BCUT2D eigenvalue weighted by molar-refractivity contribution is -0.142. The van der Waals surface area contributed by atoms with Crippen LogP contribution in [0.15, 0.2) is 42.6 Å². The standard InChI is InChI=1S/C25H24ClFN4O4/c26-18-3-1-2-14(23(18)27)10-29-25(35)21-8-13-4-7-19(13)31(21)22(33)12-30-11-17(24(28)34)16-6-5-15(32)9-20(16)30/h1-3,5-6,9,11,13,19,21,32H,4,7-8,10,12H2,(H2,28,34)(H,29,35)/t13-,19-,21+/m1/s1. The molecule has 35 heavy (non-hydrogen) atoms. The number of primary amides is 1. The molecule has 5 rings (SSSR count). The Bertz CT molecular complexity index is 1360. The van der Waals surface area contributed by atoms with E-state index in [0.29, 0.717) is 17.3 Å². The van der Waals surface area contributed by atoms with Crippen LogP contribution in [-0.4, -0.2) is 44.4 Å². The molecule has 2 fully saturated rings. The molecule has 1 saturated carbocycles. The number of nitrogens with two attached hydrogens (primary N) is 1. The Kier molecular flexibility index (Phi) is 5.88. The lowest BCUT2D eigenvalue weighted by Crippen LogP contribution is -2.51. The summed E-state index contributed by atoms with van der Waals surface area (Å²) in [4.78, 5) is 40.1. The number of benzene rings is 2. The molecule has 10 heteroatoms. The molecule has 2 aliphatic rings. The quantitative estimate of drug-likeness (QED) is 0.484. The smallest absolute Gasteiger partial charge is 0.250 e. The molecule has 1 aromatic heterocycles. The molecule has 0 radical (unpaired) electrons. The van der Waals surface area contributed by atoms with Crippen molar-refractivity contribution < 1.29 is 23.9 Å². The van der Waals surface area contributed by atoms with E-state index in [1.807, 2.05) is 0 Å². The van der Waals surface area contributed by atoms with Crippen LogP contribution in [0.25, 0.3) is 10.9 Å². The highest BCUT2D eigenvalue weighted by Gasteiger charge is 2.50. The summed E-state index contributed by atoms with van der Waals surface area (Å²) in [5.74, 6) is -1.61. The van der Waals surface area contributed by atoms with Gasteiger partial charge in [0.1, 0.15) is 24.2 Å². The number of amides is 3. The van der Waals surface area contributed by atoms with Gasteiger partial charge in [0.2, 0.25) is 11.8 Å². The van der Waals surface area contributed by atoms with E-state index in [1.54, 1.807) is 27.7 Å². The predicted octanol–water partition coefficient (Wildman–Crippen LogP) is 2.93. The fraction of sp³-hybridized carbons (Fsp3) is 0.320. The number of carbonyl (C=O) groups is 3. The minimum Gasteiger partial charge on any atom is -0.508 e. The molecule has 1 saturated heterocycles. The largest absolute Gasteiger partial charge is 0.508 e. The van der Waals surface area contributed by atoms with E-state index in [2.05, 4.69) is 5.32 Å². The van der Waals surface area contributed by atoms with Gasteiger partial charge in [-0.25, -0.2) is 4.39 Å². The lowest BCUT2D eigenvalue weighted by atomic mass is 9.80. The van der Waals surface area contributed by atoms with Gasteiger partial charge in [0.05, 0.1) is 16.1 Å². The second-order valence-electron chi connectivity index (χ2n) is 9.12. The van der Waals surface area contributed by atoms with Gasteiger partial charge in [-0.2, -0.15) is 0 Å². The number of nitrogens with one attached hydrogen (secondary N) is 1. The highest BCUT2D eigenvalue weighted by molar-refractivity contribution is 6.30. The number of phenolic OH excluding ortho intramolecular Hbond substituents is 1. The van der Waals surface area contributed by atoms with E-state index in [-0.39, 0.29) is 58.8 Å². The van der Waals surface area contributed by atoms with Crippen molar-refractivity contribution in [2.45, 2.75) is 44.4 Å². The van der Waals surface area contributed by atoms with E-state index in [9.17, 15) is 23.9 Å². The number of aromatic hydroxyl groups is 1. The monoisotopic (exact) mass is 498 g/mol. The topological polar surface area (TPSA) is 118 Å². The van der Waals surface area contributed by atoms with Crippen LogP contribution in [0.3, 0.4) is 0 Å². The zero-order valence-corrected chi connectivity index (χ0v) is 19.5. The number of nitrogens with zero attached hydrogens (tertiary/aromatic N) is 2. The number of hydrogen-bond donors (Lipinski definition) is 3. The van der Waals surface area contributed by atoms with Gasteiger partial charge < -0.3 is 25.6 Å². The number of carbonyl (C=O) groups excluding carboxylic acids is 3. The summed E-state index contributed by atoms with van der Waals surface area (Å²) in [6.07, 6.45) is 3.78. The number of halogens is 2. The fourth-order valence-corrected chi connectivity index (χ4v) is 5.43. The molecular formula is C25H24ClFN4O4. The van der Waals surface area contributed by atoms with Crippen molar-refractivity contribution >= 4 is 40.2 Å². The van der Waals surface area contributed by atoms with Crippen molar-refractivity contribution in [1.29, 1.82) is 0 Å². The first-order valence-corrected chi connectivity index (χ1v) is 11.8. The van der Waals surface area contributed by atoms with Crippen LogP contribution in [0.2, 0.25) is 5.02 Å². The Hall–Kier alpha value is -3.59. The van der Waals surface area contributed by atoms with Gasteiger partial charge in [-0.3, -0.25) is 14.4 Å². The van der Waals surface area contributed by atoms with Gasteiger partial charge >= 0.3 is 0 Å². The van der Waals surface area contributed by atoms with Crippen molar-refractivity contribution in [2.75, 3.05) is 0 Å². The van der Waals surface area contributed by atoms with Crippen molar-refractivity contribution in [3.05, 3.63) is 64.6 Å². The Morgan fingerprint density at radius 3 is 2.71 bits per heavy atom. The number of likely N-dealkylation sites (tertiary alicyclic amines) is 1. The van der Waals surface area contributed by atoms with Crippen molar-refractivity contribution in [3.8, 4) is 5.75 Å². The molecule has 0 unspecified atom stereocenters. The van der Waals surface area contributed by atoms with Gasteiger partial charge in [0.25, 0.3) is 5.91 Å². The summed E-state index contributed by atoms with van der Waals surface area (Å²) in [5.41, 5.74) is 6.50. The molecule has 2 heterocycles. The van der Waals surface area contributed by atoms with E-state index in [0.717, 1.165) is 12.8 Å². The molecule has 3 aromatic rings. The predicted molar refractivity (Wildman–Crippen MR) is 127 cm³/mol. The number of rotatable bonds is 6. The molecule has 1 aliphatic carbocycles. The highest BCUT2D eigenvalue weighted by atomic mass is 35.5. The summed E-state index contributed by atoms with van der Waals surface area (Å²) in [7, 11) is 0. The molecule has 3 atom stereocenters. The van der Waals surface area contributed by atoms with E-state index < -0.39 is 17.8 Å². The van der Waals surface area contributed by atoms with E-state index >= 15 is 0 Å². The molecule has 2 aromatic carbocycles. The van der Waals surface area contributed by atoms with E-state index in [1.165, 1.54) is 24.4 Å². The van der Waals surface area contributed by atoms with E-state index in [4.69, 9.17) is 17.3 Å². The van der Waals surface area contributed by atoms with Gasteiger partial charge in [-0.15, -0.1) is 0 Å². The third-order valence-electron chi connectivity index (χ3n) is 7.11. The van der Waals surface area contributed by atoms with Crippen LogP contribution in [0, 0.1) is 11.7 Å². The zero-order chi connectivity index (χ0) is 24.9. The molecule has 4 N–H and O–H groups in total. The minimum atomic E-state index is -0.673. The molecule has 0 spiro atoms. The Labute approximate surface area is 205 Å². The average molecular weight is 499 g/mol. The first-order chi connectivity index (χ1) is 16.7. The number of hydrogen-bond acceptors (Lipinski definition) is 4. The maximum atomic E-state index is 14.2. The maximum Gasteiger partial charge on any atom is 0.250 e. The summed E-state index contributed by atoms with van der Waals surface area (Å²) in [5, 5.41) is 13.2. The van der Waals surface area contributed by atoms with Crippen molar-refractivity contribution in [2.24, 2.45) is 11.7 Å². The second-order valence-corrected chi connectivity index (χ2v) is 9.53. The highest BCUT2D eigenvalue weighted by Crippen LogP contribution is 2.44. The normalized spacial score (nSPS) is 21.0. The Balaban J connectivity index is 1.37. The average Bonchev–Trinajstić information content (AvgIpc) is 3.28. The summed E-state index contributed by atoms with van der Waals surface area (Å²) in [6, 6.07) is 8.38. The minimum absolute atomic E-state index is 0.00829. The third-order valence-corrected chi connectivity index (χ3v) is 7.40. The SMILES string of the molecule is NC(=O)c1cn(CC(=O)N2[C@@H]3CC[C@@H]3C[C@H]2C(=O)NCc2cccc(Cl)c2F)c2cc(O)ccc12. The van der Waals surface area contributed by atoms with Crippen LogP contribution in [0.4, 0.5) is 4.39 Å². The van der Waals surface area contributed by atoms with Gasteiger partial charge in [0.15, 0.2) is 0 Å². The van der Waals surface area contributed by atoms with Crippen molar-refractivity contribution in [1.82, 2.24) is 14.8 Å². The first-order valence-electron chi connectivity index (χ1n) is 11.4. The van der Waals surface area contributed by atoms with Gasteiger partial charge in [-0.1, -0.05) is 23.7 Å². The summed E-state index contributed by atoms with van der Waals surface area (Å²) >= 11 is 5.83. The van der Waals surface area contributed by atoms with Crippen LogP contribution >= 0.6 is 11.6 Å². The van der Waals surface area contributed by atoms with Gasteiger partial charge in [-0.05, 0) is 43.4 Å². The molecule has 8 nitrogen and oxygen atoms in total. The fourth-order valence-electron chi connectivity index (χ4n) is 5.24. The van der Waals surface area contributed by atoms with Crippen LogP contribution < -0.4 is 11.1 Å². The third kappa shape index (κ3) is 4.10. The lowest BCUT2D eigenvalue weighted by Gasteiger charge is -2.37. The molecule has 0 bridgehead atoms. The molecule has 3 amide bonds.